The molecule has 0 spiro atoms. The van der Waals surface area contributed by atoms with Gasteiger partial charge in [-0.3, -0.25) is 4.79 Å². The smallest absolute Gasteiger partial charge is 0.258 e. The molecule has 0 aliphatic carbocycles. The number of nitrogens with one attached hydrogen (secondary N) is 3. The van der Waals surface area contributed by atoms with Crippen LogP contribution in [-0.4, -0.2) is 32.3 Å². The van der Waals surface area contributed by atoms with Gasteiger partial charge in [0.2, 0.25) is 0 Å². The molecule has 1 saturated heterocycles. The molecule has 0 saturated carbocycles. The molecule has 0 aromatic heterocycles. The van der Waals surface area contributed by atoms with Crippen molar-refractivity contribution in [2.75, 3.05) is 19.0 Å². The van der Waals surface area contributed by atoms with Gasteiger partial charge in [0, 0.05) is 25.8 Å². The summed E-state index contributed by atoms with van der Waals surface area (Å²) >= 11 is 12.0. The molecule has 1 aliphatic heterocycles. The van der Waals surface area contributed by atoms with E-state index in [1.54, 1.807) is 18.3 Å². The fourth-order valence-electron chi connectivity index (χ4n) is 2.78. The molecule has 2 atom stereocenters. The topological polar surface area (TPSA) is 68.8 Å². The molecule has 2 unspecified atom stereocenters. The number of anilines is 1. The molecule has 1 amide bonds. The number of hydrazine groups is 1. The van der Waals surface area contributed by atoms with Crippen LogP contribution in [0.3, 0.4) is 0 Å². The minimum atomic E-state index is -0.391. The van der Waals surface area contributed by atoms with E-state index in [-0.39, 0.29) is 11.9 Å². The molecule has 3 N–H and O–H groups in total. The first-order valence-electron chi connectivity index (χ1n) is 8.50. The van der Waals surface area contributed by atoms with Crippen LogP contribution < -0.4 is 21.2 Å². The summed E-state index contributed by atoms with van der Waals surface area (Å²) in [6.45, 7) is 0. The quantitative estimate of drug-likeness (QED) is 0.527. The summed E-state index contributed by atoms with van der Waals surface area (Å²) in [5.41, 5.74) is 11.7. The summed E-state index contributed by atoms with van der Waals surface area (Å²) < 4.78 is 0. The van der Waals surface area contributed by atoms with Crippen molar-refractivity contribution in [2.24, 2.45) is 5.10 Å². The van der Waals surface area contributed by atoms with Crippen LogP contribution in [0.4, 0.5) is 5.69 Å². The number of hydrogen-bond donors (Lipinski definition) is 3. The lowest BCUT2D eigenvalue weighted by molar-refractivity contribution is -0.122. The first-order chi connectivity index (χ1) is 12.9. The number of hydrogen-bond acceptors (Lipinski definition) is 5. The maximum Gasteiger partial charge on any atom is 0.258 e. The van der Waals surface area contributed by atoms with Gasteiger partial charge in [0.15, 0.2) is 0 Å². The van der Waals surface area contributed by atoms with E-state index in [1.165, 1.54) is 0 Å². The molecular formula is C19H21Cl2N5O. The van der Waals surface area contributed by atoms with Crippen molar-refractivity contribution in [1.82, 2.24) is 16.3 Å². The highest BCUT2D eigenvalue weighted by Gasteiger charge is 2.30. The SMILES string of the molecule is CN(C)c1ccc(/C=N/NC(=O)C2CC(c3ccc(Cl)c(Cl)c3)NN2)cc1. The van der Waals surface area contributed by atoms with Gasteiger partial charge in [-0.2, -0.15) is 5.10 Å². The summed E-state index contributed by atoms with van der Waals surface area (Å²) in [5, 5.41) is 5.04. The van der Waals surface area contributed by atoms with E-state index in [0.29, 0.717) is 16.5 Å². The molecule has 27 heavy (non-hydrogen) atoms. The lowest BCUT2D eigenvalue weighted by Gasteiger charge is -2.11. The molecule has 0 bridgehead atoms. The van der Waals surface area contributed by atoms with E-state index in [1.807, 2.05) is 49.3 Å². The van der Waals surface area contributed by atoms with E-state index in [4.69, 9.17) is 23.2 Å². The van der Waals surface area contributed by atoms with Crippen LogP contribution >= 0.6 is 23.2 Å². The number of nitrogens with zero attached hydrogens (tertiary/aromatic N) is 2. The molecule has 142 valence electrons. The predicted molar refractivity (Wildman–Crippen MR) is 110 cm³/mol. The number of benzene rings is 2. The van der Waals surface area contributed by atoms with Crippen LogP contribution in [0.5, 0.6) is 0 Å². The molecule has 2 aromatic rings. The van der Waals surface area contributed by atoms with Crippen LogP contribution in [0.2, 0.25) is 10.0 Å². The molecule has 3 rings (SSSR count). The average Bonchev–Trinajstić information content (AvgIpc) is 3.14. The normalized spacial score (nSPS) is 19.4. The Bertz CT molecular complexity index is 838. The Hall–Kier alpha value is -2.12. The molecule has 2 aromatic carbocycles. The third-order valence-electron chi connectivity index (χ3n) is 4.36. The van der Waals surface area contributed by atoms with E-state index in [0.717, 1.165) is 16.8 Å². The number of carbonyl (C=O) groups is 1. The van der Waals surface area contributed by atoms with Crippen LogP contribution in [0.15, 0.2) is 47.6 Å². The zero-order chi connectivity index (χ0) is 19.4. The number of amides is 1. The molecular weight excluding hydrogens is 385 g/mol. The van der Waals surface area contributed by atoms with Crippen molar-refractivity contribution in [3.05, 3.63) is 63.6 Å². The van der Waals surface area contributed by atoms with Crippen molar-refractivity contribution in [3.63, 3.8) is 0 Å². The molecule has 1 aliphatic rings. The molecule has 0 radical (unpaired) electrons. The van der Waals surface area contributed by atoms with E-state index in [9.17, 15) is 4.79 Å². The standard InChI is InChI=1S/C19H21Cl2N5O/c1-26(2)14-6-3-12(4-7-14)11-22-25-19(27)18-10-17(23-24-18)13-5-8-15(20)16(21)9-13/h3-9,11,17-18,23-24H,10H2,1-2H3,(H,25,27)/b22-11+. The Labute approximate surface area is 168 Å². The van der Waals surface area contributed by atoms with E-state index >= 15 is 0 Å². The van der Waals surface area contributed by atoms with Crippen LogP contribution in [0.1, 0.15) is 23.6 Å². The second-order valence-electron chi connectivity index (χ2n) is 6.52. The van der Waals surface area contributed by atoms with Crippen molar-refractivity contribution in [1.29, 1.82) is 0 Å². The van der Waals surface area contributed by atoms with Crippen LogP contribution in [0.25, 0.3) is 0 Å². The largest absolute Gasteiger partial charge is 0.378 e. The summed E-state index contributed by atoms with van der Waals surface area (Å²) in [6.07, 6.45) is 2.20. The zero-order valence-corrected chi connectivity index (χ0v) is 16.6. The molecule has 8 heteroatoms. The first kappa shape index (κ1) is 19.6. The Balaban J connectivity index is 1.53. The third-order valence-corrected chi connectivity index (χ3v) is 5.10. The maximum atomic E-state index is 12.3. The predicted octanol–water partition coefficient (Wildman–Crippen LogP) is 3.12. The van der Waals surface area contributed by atoms with Crippen molar-refractivity contribution >= 4 is 41.0 Å². The minimum absolute atomic E-state index is 0.0296. The second kappa shape index (κ2) is 8.71. The Morgan fingerprint density at radius 2 is 1.89 bits per heavy atom. The fraction of sp³-hybridized carbons (Fsp3) is 0.263. The Morgan fingerprint density at radius 1 is 1.15 bits per heavy atom. The van der Waals surface area contributed by atoms with Crippen molar-refractivity contribution < 1.29 is 4.79 Å². The molecule has 1 fully saturated rings. The van der Waals surface area contributed by atoms with Gasteiger partial charge in [-0.05, 0) is 41.8 Å². The van der Waals surface area contributed by atoms with Gasteiger partial charge in [0.25, 0.3) is 5.91 Å². The fourth-order valence-corrected chi connectivity index (χ4v) is 3.09. The third kappa shape index (κ3) is 4.99. The van der Waals surface area contributed by atoms with Gasteiger partial charge in [0.1, 0.15) is 6.04 Å². The number of halogens is 2. The monoisotopic (exact) mass is 405 g/mol. The summed E-state index contributed by atoms with van der Waals surface area (Å²) in [4.78, 5) is 14.3. The summed E-state index contributed by atoms with van der Waals surface area (Å²) in [7, 11) is 3.97. The van der Waals surface area contributed by atoms with Gasteiger partial charge < -0.3 is 4.90 Å². The summed E-state index contributed by atoms with van der Waals surface area (Å²) in [6, 6.07) is 12.9. The lowest BCUT2D eigenvalue weighted by Crippen LogP contribution is -2.41. The highest BCUT2D eigenvalue weighted by atomic mass is 35.5. The highest BCUT2D eigenvalue weighted by molar-refractivity contribution is 6.42. The maximum absolute atomic E-state index is 12.3. The van der Waals surface area contributed by atoms with Gasteiger partial charge in [-0.15, -0.1) is 0 Å². The summed E-state index contributed by atoms with van der Waals surface area (Å²) in [5.74, 6) is -0.203. The van der Waals surface area contributed by atoms with Crippen molar-refractivity contribution in [2.45, 2.75) is 18.5 Å². The van der Waals surface area contributed by atoms with Gasteiger partial charge in [0.05, 0.1) is 16.3 Å². The molecule has 1 heterocycles. The van der Waals surface area contributed by atoms with Gasteiger partial charge in [-0.1, -0.05) is 41.4 Å². The van der Waals surface area contributed by atoms with E-state index < -0.39 is 6.04 Å². The second-order valence-corrected chi connectivity index (χ2v) is 7.34. The molecule has 6 nitrogen and oxygen atoms in total. The van der Waals surface area contributed by atoms with Crippen LogP contribution in [0, 0.1) is 0 Å². The minimum Gasteiger partial charge on any atom is -0.378 e. The number of carbonyl (C=O) groups excluding carboxylic acids is 1. The first-order valence-corrected chi connectivity index (χ1v) is 9.26. The Morgan fingerprint density at radius 3 is 2.56 bits per heavy atom. The van der Waals surface area contributed by atoms with Crippen molar-refractivity contribution in [3.8, 4) is 0 Å². The van der Waals surface area contributed by atoms with Gasteiger partial charge in [-0.25, -0.2) is 16.3 Å². The zero-order valence-electron chi connectivity index (χ0n) is 15.0. The Kier molecular flexibility index (Phi) is 6.34. The van der Waals surface area contributed by atoms with Crippen LogP contribution in [-0.2, 0) is 4.79 Å². The highest BCUT2D eigenvalue weighted by Crippen LogP contribution is 2.29. The van der Waals surface area contributed by atoms with E-state index in [2.05, 4.69) is 21.4 Å². The number of rotatable bonds is 5. The average molecular weight is 406 g/mol. The number of hydrazone groups is 1. The van der Waals surface area contributed by atoms with Gasteiger partial charge >= 0.3 is 0 Å². The lowest BCUT2D eigenvalue weighted by atomic mass is 10.0.